The highest BCUT2D eigenvalue weighted by Crippen LogP contribution is 2.60. The van der Waals surface area contributed by atoms with Crippen molar-refractivity contribution in [3.8, 4) is 22.3 Å². The number of para-hydroxylation sites is 1. The first kappa shape index (κ1) is 23.5. The van der Waals surface area contributed by atoms with Crippen molar-refractivity contribution in [3.63, 3.8) is 0 Å². The molecule has 9 rings (SSSR count). The van der Waals surface area contributed by atoms with Gasteiger partial charge < -0.3 is 5.32 Å². The second-order valence-corrected chi connectivity index (χ2v) is 11.5. The van der Waals surface area contributed by atoms with Gasteiger partial charge in [0.15, 0.2) is 0 Å². The topological polar surface area (TPSA) is 24.4 Å². The highest BCUT2D eigenvalue weighted by atomic mass is 15.0. The predicted octanol–water partition coefficient (Wildman–Crippen LogP) is 9.07. The Kier molecular flexibility index (Phi) is 4.97. The molecule has 2 nitrogen and oxygen atoms in total. The van der Waals surface area contributed by atoms with Crippen LogP contribution >= 0.6 is 0 Å². The smallest absolute Gasteiger partial charge is 0.0839 e. The number of anilines is 1. The molecule has 1 aliphatic heterocycles. The predicted molar refractivity (Wildman–Crippen MR) is 174 cm³/mol. The van der Waals surface area contributed by atoms with E-state index in [2.05, 4.69) is 157 Å². The second-order valence-electron chi connectivity index (χ2n) is 11.5. The van der Waals surface area contributed by atoms with Crippen molar-refractivity contribution in [2.45, 2.75) is 11.5 Å². The Balaban J connectivity index is 1.45. The lowest BCUT2D eigenvalue weighted by atomic mass is 9.58. The molecule has 0 saturated carbocycles. The van der Waals surface area contributed by atoms with E-state index in [0.29, 0.717) is 0 Å². The van der Waals surface area contributed by atoms with Gasteiger partial charge >= 0.3 is 0 Å². The number of aliphatic imine (C=N–C) groups is 1. The van der Waals surface area contributed by atoms with Crippen molar-refractivity contribution in [1.82, 2.24) is 0 Å². The molecule has 1 N–H and O–H groups in total. The summed E-state index contributed by atoms with van der Waals surface area (Å²) in [4.78, 5) is 5.62. The highest BCUT2D eigenvalue weighted by Gasteiger charge is 2.58. The molecule has 4 aliphatic rings. The molecule has 198 valence electrons. The van der Waals surface area contributed by atoms with Crippen LogP contribution in [-0.4, -0.2) is 11.8 Å². The van der Waals surface area contributed by atoms with E-state index >= 15 is 0 Å². The summed E-state index contributed by atoms with van der Waals surface area (Å²) in [6.45, 7) is 0. The van der Waals surface area contributed by atoms with Crippen LogP contribution in [0.5, 0.6) is 0 Å². The number of nitrogens with one attached hydrogen (secondary N) is 1. The van der Waals surface area contributed by atoms with Crippen LogP contribution in [0.3, 0.4) is 0 Å². The maximum absolute atomic E-state index is 5.62. The zero-order chi connectivity index (χ0) is 27.7. The largest absolute Gasteiger partial charge is 0.375 e. The molecule has 0 fully saturated rings. The standard InChI is InChI=1S/C40H28N2/c1-2-14-26(15-3-1)41-39-38(37-31-20-6-4-16-27(31)28-17-5-7-21-32(28)37)42-36-25-13-12-24-35(36)40(39)33-22-10-8-18-29(33)30-19-9-11-23-34(30)40/h1-25,35,39,41H. The summed E-state index contributed by atoms with van der Waals surface area (Å²) in [7, 11) is 0. The van der Waals surface area contributed by atoms with Crippen LogP contribution in [0.2, 0.25) is 0 Å². The van der Waals surface area contributed by atoms with Crippen LogP contribution in [-0.2, 0) is 5.41 Å². The van der Waals surface area contributed by atoms with E-state index in [1.54, 1.807) is 0 Å². The summed E-state index contributed by atoms with van der Waals surface area (Å²) in [6.07, 6.45) is 8.93. The minimum Gasteiger partial charge on any atom is -0.375 e. The van der Waals surface area contributed by atoms with Gasteiger partial charge in [0.25, 0.3) is 0 Å². The first-order chi connectivity index (χ1) is 20.9. The minimum atomic E-state index is -0.407. The summed E-state index contributed by atoms with van der Waals surface area (Å²) in [6, 6.07) is 46.2. The Morgan fingerprint density at radius 2 is 1.05 bits per heavy atom. The number of fused-ring (bicyclic) bond motifs is 10. The van der Waals surface area contributed by atoms with Gasteiger partial charge in [-0.25, -0.2) is 0 Å². The molecule has 5 aromatic rings. The van der Waals surface area contributed by atoms with Gasteiger partial charge in [0.2, 0.25) is 0 Å². The third-order valence-electron chi connectivity index (χ3n) is 9.53. The average Bonchev–Trinajstić information content (AvgIpc) is 3.54. The molecule has 0 radical (unpaired) electrons. The van der Waals surface area contributed by atoms with Crippen molar-refractivity contribution in [2.75, 3.05) is 5.32 Å². The van der Waals surface area contributed by atoms with E-state index in [9.17, 15) is 0 Å². The Hall–Kier alpha value is -5.21. The Labute approximate surface area is 246 Å². The van der Waals surface area contributed by atoms with Crippen LogP contribution < -0.4 is 5.32 Å². The molecule has 0 saturated heterocycles. The quantitative estimate of drug-likeness (QED) is 0.235. The third kappa shape index (κ3) is 3.07. The van der Waals surface area contributed by atoms with Crippen molar-refractivity contribution >= 4 is 17.0 Å². The van der Waals surface area contributed by atoms with Gasteiger partial charge in [-0.2, -0.15) is 0 Å². The maximum atomic E-state index is 5.62. The van der Waals surface area contributed by atoms with E-state index in [1.165, 1.54) is 50.1 Å². The zero-order valence-electron chi connectivity index (χ0n) is 23.0. The number of benzene rings is 5. The van der Waals surface area contributed by atoms with Gasteiger partial charge in [-0.3, -0.25) is 4.99 Å². The van der Waals surface area contributed by atoms with E-state index in [-0.39, 0.29) is 12.0 Å². The molecule has 2 unspecified atom stereocenters. The fourth-order valence-electron chi connectivity index (χ4n) is 7.95. The summed E-state index contributed by atoms with van der Waals surface area (Å²) >= 11 is 0. The van der Waals surface area contributed by atoms with Crippen LogP contribution in [0.1, 0.15) is 22.3 Å². The van der Waals surface area contributed by atoms with Crippen molar-refractivity contribution < 1.29 is 0 Å². The maximum Gasteiger partial charge on any atom is 0.0839 e. The van der Waals surface area contributed by atoms with E-state index in [1.807, 2.05) is 0 Å². The van der Waals surface area contributed by atoms with Crippen LogP contribution in [0.15, 0.2) is 162 Å². The number of hydrogen-bond acceptors (Lipinski definition) is 2. The van der Waals surface area contributed by atoms with Gasteiger partial charge in [0, 0.05) is 22.9 Å². The van der Waals surface area contributed by atoms with Crippen molar-refractivity contribution in [3.05, 3.63) is 180 Å². The molecular weight excluding hydrogens is 508 g/mol. The molecule has 0 aromatic heterocycles. The average molecular weight is 537 g/mol. The van der Waals surface area contributed by atoms with Gasteiger partial charge in [0.1, 0.15) is 0 Å². The summed E-state index contributed by atoms with van der Waals surface area (Å²) < 4.78 is 0. The Bertz CT molecular complexity index is 1930. The van der Waals surface area contributed by atoms with E-state index < -0.39 is 5.41 Å². The number of hydrogen-bond donors (Lipinski definition) is 1. The van der Waals surface area contributed by atoms with Gasteiger partial charge in [0.05, 0.1) is 17.2 Å². The molecule has 5 aromatic carbocycles. The molecular formula is C40H28N2. The fraction of sp³-hybridized carbons (Fsp3) is 0.0750. The number of allylic oxidation sites excluding steroid dienone is 4. The lowest BCUT2D eigenvalue weighted by Crippen LogP contribution is -2.55. The van der Waals surface area contributed by atoms with Crippen LogP contribution in [0, 0.1) is 5.92 Å². The molecule has 3 aliphatic carbocycles. The first-order valence-corrected chi connectivity index (χ1v) is 14.7. The molecule has 2 heteroatoms. The monoisotopic (exact) mass is 536 g/mol. The zero-order valence-corrected chi connectivity index (χ0v) is 23.0. The lowest BCUT2D eigenvalue weighted by Gasteiger charge is -2.49. The van der Waals surface area contributed by atoms with Crippen molar-refractivity contribution in [2.24, 2.45) is 10.9 Å². The Morgan fingerprint density at radius 3 is 1.67 bits per heavy atom. The third-order valence-corrected chi connectivity index (χ3v) is 9.53. The number of rotatable bonds is 2. The molecule has 1 heterocycles. The van der Waals surface area contributed by atoms with Crippen LogP contribution in [0.4, 0.5) is 5.69 Å². The molecule has 2 atom stereocenters. The normalized spacial score (nSPS) is 20.0. The first-order valence-electron chi connectivity index (χ1n) is 14.7. The second kappa shape index (κ2) is 8.89. The number of nitrogens with zero attached hydrogens (tertiary/aromatic N) is 1. The summed E-state index contributed by atoms with van der Waals surface area (Å²) in [5, 5.41) is 4.09. The van der Waals surface area contributed by atoms with Gasteiger partial charge in [-0.1, -0.05) is 133 Å². The van der Waals surface area contributed by atoms with Gasteiger partial charge in [-0.05, 0) is 62.7 Å². The van der Waals surface area contributed by atoms with Crippen molar-refractivity contribution in [1.29, 1.82) is 0 Å². The van der Waals surface area contributed by atoms with E-state index in [0.717, 1.165) is 17.1 Å². The fourth-order valence-corrected chi connectivity index (χ4v) is 7.95. The molecule has 0 bridgehead atoms. The Morgan fingerprint density at radius 1 is 0.524 bits per heavy atom. The molecule has 42 heavy (non-hydrogen) atoms. The van der Waals surface area contributed by atoms with Crippen LogP contribution in [0.25, 0.3) is 27.8 Å². The summed E-state index contributed by atoms with van der Waals surface area (Å²) in [5.74, 6) is 0.0738. The van der Waals surface area contributed by atoms with E-state index in [4.69, 9.17) is 4.99 Å². The van der Waals surface area contributed by atoms with Gasteiger partial charge in [-0.15, -0.1) is 0 Å². The summed E-state index contributed by atoms with van der Waals surface area (Å²) in [5.41, 5.74) is 14.5. The highest BCUT2D eigenvalue weighted by molar-refractivity contribution is 6.08. The lowest BCUT2D eigenvalue weighted by molar-refractivity contribution is 0.413. The SMILES string of the molecule is C1=CC2=NC(=C3c4ccccc4-c4ccccc43)C(Nc3ccccc3)C3(c4ccccc4-c4ccccc43)C2C=C1. The minimum absolute atomic E-state index is 0.0738. The molecule has 0 amide bonds. The molecule has 1 spiro atoms.